The van der Waals surface area contributed by atoms with Crippen molar-refractivity contribution in [2.45, 2.75) is 16.6 Å². The highest BCUT2D eigenvalue weighted by Crippen LogP contribution is 2.29. The molecule has 19 heavy (non-hydrogen) atoms. The van der Waals surface area contributed by atoms with Gasteiger partial charge in [-0.2, -0.15) is 0 Å². The van der Waals surface area contributed by atoms with Crippen molar-refractivity contribution in [3.63, 3.8) is 0 Å². The van der Waals surface area contributed by atoms with Gasteiger partial charge in [-0.25, -0.2) is 8.42 Å². The molecule has 0 aliphatic rings. The second-order valence-corrected chi connectivity index (χ2v) is 7.05. The summed E-state index contributed by atoms with van der Waals surface area (Å²) in [6.45, 7) is 1.94. The molecule has 0 amide bonds. The van der Waals surface area contributed by atoms with Crippen molar-refractivity contribution >= 4 is 31.6 Å². The summed E-state index contributed by atoms with van der Waals surface area (Å²) in [5.41, 5.74) is 1.45. The highest BCUT2D eigenvalue weighted by molar-refractivity contribution is 9.09. The fourth-order valence-corrected chi connectivity index (χ4v) is 3.10. The van der Waals surface area contributed by atoms with E-state index in [0.717, 1.165) is 5.56 Å². The van der Waals surface area contributed by atoms with Crippen LogP contribution in [-0.4, -0.2) is 13.4 Å². The summed E-state index contributed by atoms with van der Waals surface area (Å²) in [7, 11) is -3.60. The topological polar surface area (TPSA) is 59.1 Å². The predicted octanol–water partition coefficient (Wildman–Crippen LogP) is 3.34. The molecule has 2 aromatic rings. The van der Waals surface area contributed by atoms with Gasteiger partial charge in [-0.1, -0.05) is 34.1 Å². The van der Waals surface area contributed by atoms with Gasteiger partial charge in [-0.05, 0) is 30.7 Å². The van der Waals surface area contributed by atoms with Crippen LogP contribution < -0.4 is 4.72 Å². The molecule has 1 unspecified atom stereocenters. The third kappa shape index (κ3) is 3.33. The molecule has 1 heterocycles. The molecule has 0 radical (unpaired) electrons. The molecule has 100 valence electrons. The van der Waals surface area contributed by atoms with Crippen LogP contribution in [0.2, 0.25) is 0 Å². The maximum atomic E-state index is 12.2. The molecule has 0 saturated carbocycles. The molecule has 0 fully saturated rings. The lowest BCUT2D eigenvalue weighted by atomic mass is 10.1. The van der Waals surface area contributed by atoms with E-state index >= 15 is 0 Å². The Bertz CT molecular complexity index is 657. The zero-order valence-electron chi connectivity index (χ0n) is 10.2. The molecule has 0 saturated heterocycles. The molecule has 1 aromatic heterocycles. The number of alkyl halides is 1. The summed E-state index contributed by atoms with van der Waals surface area (Å²) < 4.78 is 27.0. The maximum Gasteiger partial charge on any atom is 0.263 e. The molecule has 0 aliphatic carbocycles. The van der Waals surface area contributed by atoms with E-state index in [1.54, 1.807) is 18.2 Å². The van der Waals surface area contributed by atoms with Crippen LogP contribution in [0.15, 0.2) is 53.7 Å². The first-order valence-corrected chi connectivity index (χ1v) is 8.06. The molecular formula is C13H13BrN2O2S. The lowest BCUT2D eigenvalue weighted by molar-refractivity contribution is 0.600. The van der Waals surface area contributed by atoms with E-state index in [4.69, 9.17) is 0 Å². The van der Waals surface area contributed by atoms with Crippen LogP contribution in [0, 0.1) is 0 Å². The summed E-state index contributed by atoms with van der Waals surface area (Å²) in [5, 5.41) is 0. The van der Waals surface area contributed by atoms with Crippen molar-refractivity contribution in [2.75, 3.05) is 4.72 Å². The summed E-state index contributed by atoms with van der Waals surface area (Å²) in [6, 6.07) is 10.4. The Morgan fingerprint density at radius 1 is 1.21 bits per heavy atom. The molecular weight excluding hydrogens is 328 g/mol. The second kappa shape index (κ2) is 5.71. The molecule has 1 atom stereocenters. The number of aromatic nitrogens is 1. The Kier molecular flexibility index (Phi) is 4.21. The fourth-order valence-electron chi connectivity index (χ4n) is 1.65. The number of para-hydroxylation sites is 1. The first-order chi connectivity index (χ1) is 9.00. The largest absolute Gasteiger partial charge is 0.279 e. The van der Waals surface area contributed by atoms with Gasteiger partial charge in [0.05, 0.1) is 5.69 Å². The van der Waals surface area contributed by atoms with E-state index in [2.05, 4.69) is 25.6 Å². The molecule has 6 heteroatoms. The number of sulfonamides is 1. The van der Waals surface area contributed by atoms with Gasteiger partial charge in [-0.15, -0.1) is 0 Å². The van der Waals surface area contributed by atoms with Crippen LogP contribution in [0.4, 0.5) is 5.69 Å². The van der Waals surface area contributed by atoms with Crippen LogP contribution in [0.3, 0.4) is 0 Å². The highest BCUT2D eigenvalue weighted by Gasteiger charge is 2.16. The van der Waals surface area contributed by atoms with Crippen molar-refractivity contribution in [1.82, 2.24) is 4.98 Å². The molecule has 2 rings (SSSR count). The van der Waals surface area contributed by atoms with Gasteiger partial charge in [0, 0.05) is 17.2 Å². The number of rotatable bonds is 4. The molecule has 0 spiro atoms. The van der Waals surface area contributed by atoms with Gasteiger partial charge in [0.2, 0.25) is 0 Å². The summed E-state index contributed by atoms with van der Waals surface area (Å²) in [5.74, 6) is 0. The van der Waals surface area contributed by atoms with Crippen LogP contribution in [0.5, 0.6) is 0 Å². The van der Waals surface area contributed by atoms with Gasteiger partial charge in [0.15, 0.2) is 0 Å². The molecule has 1 aromatic carbocycles. The number of hydrogen-bond acceptors (Lipinski definition) is 3. The standard InChI is InChI=1S/C13H13BrN2O2S/c1-10(14)12-6-2-3-7-13(12)16-19(17,18)11-5-4-8-15-9-11/h2-10,16H,1H3. The van der Waals surface area contributed by atoms with Gasteiger partial charge in [-0.3, -0.25) is 9.71 Å². The van der Waals surface area contributed by atoms with E-state index in [9.17, 15) is 8.42 Å². The normalized spacial score (nSPS) is 12.9. The fraction of sp³-hybridized carbons (Fsp3) is 0.154. The van der Waals surface area contributed by atoms with E-state index in [1.165, 1.54) is 18.5 Å². The second-order valence-electron chi connectivity index (χ2n) is 4.00. The van der Waals surface area contributed by atoms with Gasteiger partial charge in [0.1, 0.15) is 4.90 Å². The van der Waals surface area contributed by atoms with Gasteiger partial charge in [0.25, 0.3) is 10.0 Å². The van der Waals surface area contributed by atoms with Gasteiger partial charge >= 0.3 is 0 Å². The van der Waals surface area contributed by atoms with E-state index in [0.29, 0.717) is 5.69 Å². The van der Waals surface area contributed by atoms with E-state index in [1.807, 2.05) is 19.1 Å². The number of nitrogens with zero attached hydrogens (tertiary/aromatic N) is 1. The van der Waals surface area contributed by atoms with Crippen molar-refractivity contribution in [3.05, 3.63) is 54.4 Å². The van der Waals surface area contributed by atoms with Crippen molar-refractivity contribution < 1.29 is 8.42 Å². The zero-order valence-corrected chi connectivity index (χ0v) is 12.6. The van der Waals surface area contributed by atoms with E-state index < -0.39 is 10.0 Å². The van der Waals surface area contributed by atoms with Crippen LogP contribution in [-0.2, 0) is 10.0 Å². The first kappa shape index (κ1) is 14.0. The molecule has 1 N–H and O–H groups in total. The number of hydrogen-bond donors (Lipinski definition) is 1. The van der Waals surface area contributed by atoms with Crippen molar-refractivity contribution in [3.8, 4) is 0 Å². The van der Waals surface area contributed by atoms with Crippen molar-refractivity contribution in [2.24, 2.45) is 0 Å². The van der Waals surface area contributed by atoms with Crippen LogP contribution in [0.1, 0.15) is 17.3 Å². The van der Waals surface area contributed by atoms with Crippen molar-refractivity contribution in [1.29, 1.82) is 0 Å². The highest BCUT2D eigenvalue weighted by atomic mass is 79.9. The molecule has 4 nitrogen and oxygen atoms in total. The first-order valence-electron chi connectivity index (χ1n) is 5.66. The number of benzene rings is 1. The predicted molar refractivity (Wildman–Crippen MR) is 78.8 cm³/mol. The lowest BCUT2D eigenvalue weighted by Crippen LogP contribution is -2.14. The monoisotopic (exact) mass is 340 g/mol. The minimum absolute atomic E-state index is 0.0558. The molecule has 0 aliphatic heterocycles. The zero-order chi connectivity index (χ0) is 13.9. The van der Waals surface area contributed by atoms with Gasteiger partial charge < -0.3 is 0 Å². The Balaban J connectivity index is 2.37. The van der Waals surface area contributed by atoms with Crippen LogP contribution in [0.25, 0.3) is 0 Å². The van der Waals surface area contributed by atoms with Crippen LogP contribution >= 0.6 is 15.9 Å². The summed E-state index contributed by atoms with van der Waals surface area (Å²) in [4.78, 5) is 4.02. The number of pyridine rings is 1. The summed E-state index contributed by atoms with van der Waals surface area (Å²) in [6.07, 6.45) is 2.86. The number of halogens is 1. The maximum absolute atomic E-state index is 12.2. The minimum Gasteiger partial charge on any atom is -0.279 e. The average Bonchev–Trinajstić information content (AvgIpc) is 2.39. The Morgan fingerprint density at radius 3 is 2.58 bits per heavy atom. The minimum atomic E-state index is -3.60. The number of anilines is 1. The third-order valence-corrected chi connectivity index (χ3v) is 4.42. The lowest BCUT2D eigenvalue weighted by Gasteiger charge is -2.13. The van der Waals surface area contributed by atoms with E-state index in [-0.39, 0.29) is 9.72 Å². The summed E-state index contributed by atoms with van der Waals surface area (Å²) >= 11 is 3.45. The Hall–Kier alpha value is -1.40. The Labute approximate surface area is 121 Å². The smallest absolute Gasteiger partial charge is 0.263 e. The average molecular weight is 341 g/mol. The Morgan fingerprint density at radius 2 is 1.95 bits per heavy atom. The SMILES string of the molecule is CC(Br)c1ccccc1NS(=O)(=O)c1cccnc1. The number of nitrogens with one attached hydrogen (secondary N) is 1. The quantitative estimate of drug-likeness (QED) is 0.868. The molecule has 0 bridgehead atoms. The third-order valence-electron chi connectivity index (χ3n) is 2.58.